The molecule has 0 radical (unpaired) electrons. The minimum absolute atomic E-state index is 0.169. The fourth-order valence-corrected chi connectivity index (χ4v) is 0.915. The Morgan fingerprint density at radius 2 is 2.25 bits per heavy atom. The average molecular weight is 237 g/mol. The standard InChI is InChI=1S/C7H10F3N5O/c8-7(9,10)4-12-6(16)5-3-15(2-1-11)14-13-5/h3H,1-2,4,11H2,(H,12,16). The summed E-state index contributed by atoms with van der Waals surface area (Å²) in [7, 11) is 0. The molecule has 6 nitrogen and oxygen atoms in total. The lowest BCUT2D eigenvalue weighted by atomic mass is 10.4. The van der Waals surface area contributed by atoms with Crippen molar-refractivity contribution < 1.29 is 18.0 Å². The SMILES string of the molecule is NCCn1cc(C(=O)NCC(F)(F)F)nn1. The largest absolute Gasteiger partial charge is 0.405 e. The van der Waals surface area contributed by atoms with E-state index in [9.17, 15) is 18.0 Å². The van der Waals surface area contributed by atoms with Crippen molar-refractivity contribution in [3.8, 4) is 0 Å². The van der Waals surface area contributed by atoms with E-state index in [0.717, 1.165) is 0 Å². The average Bonchev–Trinajstić information content (AvgIpc) is 2.62. The van der Waals surface area contributed by atoms with E-state index in [1.54, 1.807) is 5.32 Å². The third-order valence-corrected chi connectivity index (χ3v) is 1.58. The maximum atomic E-state index is 11.8. The fraction of sp³-hybridized carbons (Fsp3) is 0.571. The Bertz CT molecular complexity index is 361. The number of carbonyl (C=O) groups is 1. The molecule has 0 aliphatic heterocycles. The molecular weight excluding hydrogens is 227 g/mol. The molecule has 0 aromatic carbocycles. The number of alkyl halides is 3. The molecule has 3 N–H and O–H groups in total. The van der Waals surface area contributed by atoms with Gasteiger partial charge in [0.2, 0.25) is 0 Å². The summed E-state index contributed by atoms with van der Waals surface area (Å²) < 4.78 is 36.6. The lowest BCUT2D eigenvalue weighted by Gasteiger charge is -2.05. The third kappa shape index (κ3) is 3.85. The highest BCUT2D eigenvalue weighted by Crippen LogP contribution is 2.12. The summed E-state index contributed by atoms with van der Waals surface area (Å²) in [4.78, 5) is 11.2. The Morgan fingerprint density at radius 1 is 1.56 bits per heavy atom. The van der Waals surface area contributed by atoms with Crippen LogP contribution in [0.4, 0.5) is 13.2 Å². The van der Waals surface area contributed by atoms with E-state index < -0.39 is 18.6 Å². The second-order valence-corrected chi connectivity index (χ2v) is 2.95. The van der Waals surface area contributed by atoms with Gasteiger partial charge in [-0.05, 0) is 0 Å². The van der Waals surface area contributed by atoms with E-state index >= 15 is 0 Å². The van der Waals surface area contributed by atoms with Gasteiger partial charge in [0.25, 0.3) is 5.91 Å². The summed E-state index contributed by atoms with van der Waals surface area (Å²) in [5, 5.41) is 8.61. The zero-order valence-corrected chi connectivity index (χ0v) is 8.16. The monoisotopic (exact) mass is 237 g/mol. The fourth-order valence-electron chi connectivity index (χ4n) is 0.915. The predicted molar refractivity (Wildman–Crippen MR) is 47.5 cm³/mol. The Morgan fingerprint density at radius 3 is 2.81 bits per heavy atom. The van der Waals surface area contributed by atoms with Gasteiger partial charge >= 0.3 is 6.18 Å². The molecule has 1 rings (SSSR count). The molecule has 0 saturated carbocycles. The number of halogens is 3. The molecule has 0 spiro atoms. The normalized spacial score (nSPS) is 11.5. The highest BCUT2D eigenvalue weighted by molar-refractivity contribution is 5.91. The number of rotatable bonds is 4. The van der Waals surface area contributed by atoms with Crippen LogP contribution in [0.25, 0.3) is 0 Å². The molecule has 1 heterocycles. The van der Waals surface area contributed by atoms with Crippen LogP contribution in [0.1, 0.15) is 10.5 Å². The first-order valence-electron chi connectivity index (χ1n) is 4.37. The molecule has 90 valence electrons. The van der Waals surface area contributed by atoms with Gasteiger partial charge in [-0.15, -0.1) is 5.10 Å². The van der Waals surface area contributed by atoms with E-state index in [2.05, 4.69) is 10.3 Å². The van der Waals surface area contributed by atoms with E-state index in [-0.39, 0.29) is 5.69 Å². The molecular formula is C7H10F3N5O. The molecule has 0 fully saturated rings. The third-order valence-electron chi connectivity index (χ3n) is 1.58. The number of amides is 1. The first kappa shape index (κ1) is 12.4. The van der Waals surface area contributed by atoms with Crippen LogP contribution in [-0.4, -0.2) is 40.2 Å². The topological polar surface area (TPSA) is 85.8 Å². The number of carbonyl (C=O) groups excluding carboxylic acids is 1. The van der Waals surface area contributed by atoms with Crippen molar-refractivity contribution in [2.75, 3.05) is 13.1 Å². The van der Waals surface area contributed by atoms with Crippen LogP contribution in [0.5, 0.6) is 0 Å². The van der Waals surface area contributed by atoms with Crippen LogP contribution >= 0.6 is 0 Å². The molecule has 0 bridgehead atoms. The van der Waals surface area contributed by atoms with E-state index in [1.807, 2.05) is 0 Å². The first-order valence-corrected chi connectivity index (χ1v) is 4.37. The number of aromatic nitrogens is 3. The zero-order valence-electron chi connectivity index (χ0n) is 8.16. The van der Waals surface area contributed by atoms with Crippen molar-refractivity contribution in [2.45, 2.75) is 12.7 Å². The van der Waals surface area contributed by atoms with Gasteiger partial charge in [-0.1, -0.05) is 5.21 Å². The molecule has 1 amide bonds. The maximum Gasteiger partial charge on any atom is 0.405 e. The van der Waals surface area contributed by atoms with Crippen LogP contribution in [0, 0.1) is 0 Å². The van der Waals surface area contributed by atoms with Gasteiger partial charge in [-0.2, -0.15) is 13.2 Å². The molecule has 0 aliphatic carbocycles. The van der Waals surface area contributed by atoms with E-state index in [0.29, 0.717) is 13.1 Å². The van der Waals surface area contributed by atoms with Crippen LogP contribution in [0.2, 0.25) is 0 Å². The number of hydrogen-bond donors (Lipinski definition) is 2. The maximum absolute atomic E-state index is 11.8. The van der Waals surface area contributed by atoms with Gasteiger partial charge in [-0.25, -0.2) is 0 Å². The minimum Gasteiger partial charge on any atom is -0.341 e. The molecule has 0 saturated heterocycles. The van der Waals surface area contributed by atoms with Crippen LogP contribution in [0.3, 0.4) is 0 Å². The summed E-state index contributed by atoms with van der Waals surface area (Å²) in [6.45, 7) is -0.748. The smallest absolute Gasteiger partial charge is 0.341 e. The molecule has 16 heavy (non-hydrogen) atoms. The second-order valence-electron chi connectivity index (χ2n) is 2.95. The Balaban J connectivity index is 2.53. The van der Waals surface area contributed by atoms with Gasteiger partial charge in [0.15, 0.2) is 5.69 Å². The summed E-state index contributed by atoms with van der Waals surface area (Å²) in [6.07, 6.45) is -3.21. The highest BCUT2D eigenvalue weighted by atomic mass is 19.4. The predicted octanol–water partition coefficient (Wildman–Crippen LogP) is -0.471. The molecule has 1 aromatic heterocycles. The van der Waals surface area contributed by atoms with Gasteiger partial charge in [-0.3, -0.25) is 9.48 Å². The van der Waals surface area contributed by atoms with Crippen molar-refractivity contribution in [2.24, 2.45) is 5.73 Å². The van der Waals surface area contributed by atoms with Gasteiger partial charge in [0.05, 0.1) is 12.7 Å². The van der Waals surface area contributed by atoms with Crippen molar-refractivity contribution in [1.29, 1.82) is 0 Å². The number of nitrogens with zero attached hydrogens (tertiary/aromatic N) is 3. The summed E-state index contributed by atoms with van der Waals surface area (Å²) >= 11 is 0. The molecule has 0 aliphatic rings. The molecule has 1 aromatic rings. The van der Waals surface area contributed by atoms with Crippen LogP contribution in [0.15, 0.2) is 6.20 Å². The Labute approximate surface area is 88.6 Å². The lowest BCUT2D eigenvalue weighted by Crippen LogP contribution is -2.33. The quantitative estimate of drug-likeness (QED) is 0.741. The van der Waals surface area contributed by atoms with Crippen molar-refractivity contribution in [3.63, 3.8) is 0 Å². The number of nitrogens with two attached hydrogens (primary N) is 1. The summed E-state index contributed by atoms with van der Waals surface area (Å²) in [5.41, 5.74) is 5.05. The van der Waals surface area contributed by atoms with Crippen molar-refractivity contribution in [1.82, 2.24) is 20.3 Å². The van der Waals surface area contributed by atoms with Crippen molar-refractivity contribution >= 4 is 5.91 Å². The number of nitrogens with one attached hydrogen (secondary N) is 1. The Kier molecular flexibility index (Phi) is 3.82. The molecule has 0 unspecified atom stereocenters. The van der Waals surface area contributed by atoms with Crippen molar-refractivity contribution in [3.05, 3.63) is 11.9 Å². The molecule has 9 heteroatoms. The highest BCUT2D eigenvalue weighted by Gasteiger charge is 2.28. The minimum atomic E-state index is -4.44. The van der Waals surface area contributed by atoms with E-state index in [4.69, 9.17) is 5.73 Å². The number of hydrogen-bond acceptors (Lipinski definition) is 4. The Hall–Kier alpha value is -1.64. The van der Waals surface area contributed by atoms with Gasteiger partial charge < -0.3 is 11.1 Å². The van der Waals surface area contributed by atoms with Crippen LogP contribution in [-0.2, 0) is 6.54 Å². The van der Waals surface area contributed by atoms with Gasteiger partial charge in [0, 0.05) is 6.54 Å². The zero-order chi connectivity index (χ0) is 12.2. The lowest BCUT2D eigenvalue weighted by molar-refractivity contribution is -0.123. The van der Waals surface area contributed by atoms with Crippen LogP contribution < -0.4 is 11.1 Å². The summed E-state index contributed by atoms with van der Waals surface area (Å²) in [6, 6.07) is 0. The van der Waals surface area contributed by atoms with E-state index in [1.165, 1.54) is 10.9 Å². The first-order chi connectivity index (χ1) is 7.42. The summed E-state index contributed by atoms with van der Waals surface area (Å²) in [5.74, 6) is -0.916. The second kappa shape index (κ2) is 4.92. The van der Waals surface area contributed by atoms with Gasteiger partial charge in [0.1, 0.15) is 6.54 Å². The molecule has 0 atom stereocenters.